The molecular formula is C19H40O. The van der Waals surface area contributed by atoms with Crippen molar-refractivity contribution < 1.29 is 4.74 Å². The Hall–Kier alpha value is -0.0400. The van der Waals surface area contributed by atoms with Crippen molar-refractivity contribution >= 4 is 0 Å². The molecule has 0 spiro atoms. The summed E-state index contributed by atoms with van der Waals surface area (Å²) < 4.78 is 6.25. The molecule has 0 heterocycles. The summed E-state index contributed by atoms with van der Waals surface area (Å²) in [6.07, 6.45) is 12.0. The third-order valence-electron chi connectivity index (χ3n) is 4.98. The van der Waals surface area contributed by atoms with Gasteiger partial charge < -0.3 is 4.74 Å². The van der Waals surface area contributed by atoms with Gasteiger partial charge in [0, 0.05) is 6.61 Å². The fourth-order valence-electron chi connectivity index (χ4n) is 3.72. The fraction of sp³-hybridized carbons (Fsp3) is 1.00. The SMILES string of the molecule is CCCCCCCCC(C(C)C)C(CC)(CC)OCC. The Morgan fingerprint density at radius 1 is 0.800 bits per heavy atom. The molecule has 0 bridgehead atoms. The van der Waals surface area contributed by atoms with Gasteiger partial charge in [-0.3, -0.25) is 0 Å². The van der Waals surface area contributed by atoms with Gasteiger partial charge in [-0.25, -0.2) is 0 Å². The quantitative estimate of drug-likeness (QED) is 0.346. The van der Waals surface area contributed by atoms with Gasteiger partial charge >= 0.3 is 0 Å². The van der Waals surface area contributed by atoms with E-state index >= 15 is 0 Å². The first-order chi connectivity index (χ1) is 9.57. The van der Waals surface area contributed by atoms with Crippen LogP contribution in [-0.2, 0) is 4.74 Å². The standard InChI is InChI=1S/C19H40O/c1-7-11-12-13-14-15-16-18(17(5)6)19(8-2,9-3)20-10-4/h17-18H,7-16H2,1-6H3. The fourth-order valence-corrected chi connectivity index (χ4v) is 3.72. The summed E-state index contributed by atoms with van der Waals surface area (Å²) in [6.45, 7) is 14.6. The number of unbranched alkanes of at least 4 members (excludes halogenated alkanes) is 5. The molecule has 0 aliphatic carbocycles. The third kappa shape index (κ3) is 6.61. The van der Waals surface area contributed by atoms with E-state index in [2.05, 4.69) is 41.5 Å². The molecule has 0 aliphatic rings. The highest BCUT2D eigenvalue weighted by Gasteiger charge is 2.37. The van der Waals surface area contributed by atoms with Gasteiger partial charge in [-0.05, 0) is 38.0 Å². The van der Waals surface area contributed by atoms with Crippen LogP contribution in [0.2, 0.25) is 0 Å². The Morgan fingerprint density at radius 2 is 1.35 bits per heavy atom. The Balaban J connectivity index is 4.38. The number of hydrogen-bond acceptors (Lipinski definition) is 1. The van der Waals surface area contributed by atoms with Gasteiger partial charge in [-0.2, -0.15) is 0 Å². The maximum absolute atomic E-state index is 6.25. The zero-order valence-corrected chi connectivity index (χ0v) is 15.1. The second-order valence-electron chi connectivity index (χ2n) is 6.61. The van der Waals surface area contributed by atoms with Crippen LogP contribution in [0.4, 0.5) is 0 Å². The van der Waals surface area contributed by atoms with E-state index in [-0.39, 0.29) is 5.60 Å². The lowest BCUT2D eigenvalue weighted by atomic mass is 9.73. The minimum Gasteiger partial charge on any atom is -0.375 e. The summed E-state index contributed by atoms with van der Waals surface area (Å²) in [4.78, 5) is 0. The molecule has 0 aromatic carbocycles. The largest absolute Gasteiger partial charge is 0.375 e. The van der Waals surface area contributed by atoms with Crippen molar-refractivity contribution in [2.24, 2.45) is 11.8 Å². The Labute approximate surface area is 128 Å². The van der Waals surface area contributed by atoms with Gasteiger partial charge in [0.2, 0.25) is 0 Å². The first-order valence-corrected chi connectivity index (χ1v) is 9.21. The number of hydrogen-bond donors (Lipinski definition) is 0. The van der Waals surface area contributed by atoms with Gasteiger partial charge in [0.15, 0.2) is 0 Å². The van der Waals surface area contributed by atoms with Gasteiger partial charge in [0.1, 0.15) is 0 Å². The first-order valence-electron chi connectivity index (χ1n) is 9.21. The summed E-state index contributed by atoms with van der Waals surface area (Å²) in [5.74, 6) is 1.43. The van der Waals surface area contributed by atoms with Crippen molar-refractivity contribution in [3.8, 4) is 0 Å². The van der Waals surface area contributed by atoms with E-state index in [0.717, 1.165) is 25.4 Å². The minimum absolute atomic E-state index is 0.117. The second kappa shape index (κ2) is 11.6. The molecule has 0 saturated heterocycles. The lowest BCUT2D eigenvalue weighted by Gasteiger charge is -2.42. The summed E-state index contributed by atoms with van der Waals surface area (Å²) in [7, 11) is 0. The molecule has 0 rings (SSSR count). The highest BCUT2D eigenvalue weighted by atomic mass is 16.5. The van der Waals surface area contributed by atoms with Crippen LogP contribution < -0.4 is 0 Å². The van der Waals surface area contributed by atoms with Crippen LogP contribution in [0.25, 0.3) is 0 Å². The van der Waals surface area contributed by atoms with Gasteiger partial charge in [-0.15, -0.1) is 0 Å². The average Bonchev–Trinajstić information content (AvgIpc) is 2.44. The smallest absolute Gasteiger partial charge is 0.0707 e. The summed E-state index contributed by atoms with van der Waals surface area (Å²) in [6, 6.07) is 0. The van der Waals surface area contributed by atoms with Crippen molar-refractivity contribution in [2.75, 3.05) is 6.61 Å². The molecule has 1 unspecified atom stereocenters. The zero-order valence-electron chi connectivity index (χ0n) is 15.1. The van der Waals surface area contributed by atoms with E-state index in [1.54, 1.807) is 0 Å². The third-order valence-corrected chi connectivity index (χ3v) is 4.98. The van der Waals surface area contributed by atoms with Crippen LogP contribution >= 0.6 is 0 Å². The van der Waals surface area contributed by atoms with Crippen LogP contribution in [0.1, 0.15) is 99.3 Å². The maximum atomic E-state index is 6.25. The molecule has 0 N–H and O–H groups in total. The molecule has 1 atom stereocenters. The summed E-state index contributed by atoms with van der Waals surface area (Å²) in [5.41, 5.74) is 0.117. The molecule has 0 saturated carbocycles. The van der Waals surface area contributed by atoms with E-state index in [0.29, 0.717) is 5.92 Å². The van der Waals surface area contributed by atoms with Crippen molar-refractivity contribution in [1.82, 2.24) is 0 Å². The Kier molecular flexibility index (Phi) is 11.6. The number of ether oxygens (including phenoxy) is 1. The molecule has 0 aliphatic heterocycles. The van der Waals surface area contributed by atoms with E-state index in [4.69, 9.17) is 4.74 Å². The predicted molar refractivity (Wildman–Crippen MR) is 91.3 cm³/mol. The highest BCUT2D eigenvalue weighted by molar-refractivity contribution is 4.88. The van der Waals surface area contributed by atoms with E-state index in [1.807, 2.05) is 0 Å². The Bertz CT molecular complexity index is 206. The van der Waals surface area contributed by atoms with E-state index in [1.165, 1.54) is 44.9 Å². The van der Waals surface area contributed by atoms with Gasteiger partial charge in [0.25, 0.3) is 0 Å². The molecule has 1 nitrogen and oxygen atoms in total. The minimum atomic E-state index is 0.117. The monoisotopic (exact) mass is 284 g/mol. The molecule has 1 heteroatoms. The van der Waals surface area contributed by atoms with Gasteiger partial charge in [0.05, 0.1) is 5.60 Å². The molecule has 20 heavy (non-hydrogen) atoms. The van der Waals surface area contributed by atoms with E-state index < -0.39 is 0 Å². The molecule has 0 fully saturated rings. The molecule has 122 valence electrons. The molecular weight excluding hydrogens is 244 g/mol. The molecule has 0 aromatic heterocycles. The first kappa shape index (κ1) is 20.0. The molecule has 0 radical (unpaired) electrons. The van der Waals surface area contributed by atoms with Crippen LogP contribution in [0, 0.1) is 11.8 Å². The Morgan fingerprint density at radius 3 is 1.80 bits per heavy atom. The van der Waals surface area contributed by atoms with Crippen molar-refractivity contribution in [3.05, 3.63) is 0 Å². The number of rotatable bonds is 13. The van der Waals surface area contributed by atoms with Crippen LogP contribution in [0.5, 0.6) is 0 Å². The molecule has 0 amide bonds. The van der Waals surface area contributed by atoms with Crippen LogP contribution in [0.3, 0.4) is 0 Å². The second-order valence-corrected chi connectivity index (χ2v) is 6.61. The topological polar surface area (TPSA) is 9.23 Å². The summed E-state index contributed by atoms with van der Waals surface area (Å²) >= 11 is 0. The summed E-state index contributed by atoms with van der Waals surface area (Å²) in [5, 5.41) is 0. The van der Waals surface area contributed by atoms with Gasteiger partial charge in [-0.1, -0.05) is 73.1 Å². The van der Waals surface area contributed by atoms with Crippen molar-refractivity contribution in [3.63, 3.8) is 0 Å². The van der Waals surface area contributed by atoms with Crippen molar-refractivity contribution in [1.29, 1.82) is 0 Å². The lowest BCUT2D eigenvalue weighted by Crippen LogP contribution is -2.42. The molecule has 0 aromatic rings. The zero-order chi connectivity index (χ0) is 15.4. The predicted octanol–water partition coefficient (Wildman–Crippen LogP) is 6.60. The highest BCUT2D eigenvalue weighted by Crippen LogP contribution is 2.38. The maximum Gasteiger partial charge on any atom is 0.0707 e. The van der Waals surface area contributed by atoms with Crippen LogP contribution in [0.15, 0.2) is 0 Å². The van der Waals surface area contributed by atoms with Crippen LogP contribution in [-0.4, -0.2) is 12.2 Å². The van der Waals surface area contributed by atoms with Crippen molar-refractivity contribution in [2.45, 2.75) is 105 Å². The lowest BCUT2D eigenvalue weighted by molar-refractivity contribution is -0.104. The normalized spacial score (nSPS) is 13.9. The average molecular weight is 285 g/mol. The van der Waals surface area contributed by atoms with E-state index in [9.17, 15) is 0 Å².